The van der Waals surface area contributed by atoms with Crippen LogP contribution in [-0.2, 0) is 14.3 Å². The smallest absolute Gasteiger partial charge is 0.339 e. The summed E-state index contributed by atoms with van der Waals surface area (Å²) in [6.45, 7) is 0. The van der Waals surface area contributed by atoms with Crippen LogP contribution in [0.3, 0.4) is 0 Å². The van der Waals surface area contributed by atoms with Gasteiger partial charge in [-0.3, -0.25) is 0 Å². The SMILES string of the molecule is O=C1O[C@H]2C(=C1c1ccccc1)[C@H]1CCCC[C@@H]1O[C@@H]2c1ccccc1. The second-order valence-electron chi connectivity index (χ2n) is 7.42. The molecule has 1 saturated heterocycles. The van der Waals surface area contributed by atoms with Gasteiger partial charge in [0.2, 0.25) is 0 Å². The topological polar surface area (TPSA) is 35.5 Å². The van der Waals surface area contributed by atoms with Crippen LogP contribution in [0, 0.1) is 5.92 Å². The second kappa shape index (κ2) is 6.40. The first kappa shape index (κ1) is 15.8. The molecule has 2 heterocycles. The fraction of sp³-hybridized carbons (Fsp3) is 0.348. The molecule has 0 N–H and O–H groups in total. The van der Waals surface area contributed by atoms with Crippen molar-refractivity contribution in [3.63, 3.8) is 0 Å². The predicted molar refractivity (Wildman–Crippen MR) is 99.3 cm³/mol. The summed E-state index contributed by atoms with van der Waals surface area (Å²) in [7, 11) is 0. The van der Waals surface area contributed by atoms with E-state index in [0.29, 0.717) is 0 Å². The Morgan fingerprint density at radius 1 is 0.808 bits per heavy atom. The number of rotatable bonds is 2. The molecule has 1 saturated carbocycles. The summed E-state index contributed by atoms with van der Waals surface area (Å²) in [5.74, 6) is 0.0855. The van der Waals surface area contributed by atoms with Crippen LogP contribution in [0.25, 0.3) is 5.57 Å². The van der Waals surface area contributed by atoms with E-state index in [-0.39, 0.29) is 30.2 Å². The second-order valence-corrected chi connectivity index (χ2v) is 7.42. The third kappa shape index (κ3) is 2.50. The molecule has 26 heavy (non-hydrogen) atoms. The maximum Gasteiger partial charge on any atom is 0.339 e. The molecular weight excluding hydrogens is 324 g/mol. The van der Waals surface area contributed by atoms with E-state index in [1.807, 2.05) is 48.5 Å². The molecular formula is C23H22O3. The molecule has 3 aliphatic rings. The minimum atomic E-state index is -0.306. The summed E-state index contributed by atoms with van der Waals surface area (Å²) in [6, 6.07) is 20.1. The Morgan fingerprint density at radius 2 is 1.50 bits per heavy atom. The van der Waals surface area contributed by atoms with Crippen molar-refractivity contribution < 1.29 is 14.3 Å². The normalized spacial score (nSPS) is 30.5. The van der Waals surface area contributed by atoms with Crippen molar-refractivity contribution in [1.82, 2.24) is 0 Å². The Labute approximate surface area is 153 Å². The number of carbonyl (C=O) groups is 1. The summed E-state index contributed by atoms with van der Waals surface area (Å²) in [5.41, 5.74) is 4.00. The number of carbonyl (C=O) groups excluding carboxylic acids is 1. The molecule has 1 aliphatic carbocycles. The van der Waals surface area contributed by atoms with Gasteiger partial charge in [0.25, 0.3) is 0 Å². The van der Waals surface area contributed by atoms with Crippen molar-refractivity contribution in [2.45, 2.75) is 44.0 Å². The lowest BCUT2D eigenvalue weighted by atomic mass is 9.73. The quantitative estimate of drug-likeness (QED) is 0.740. The van der Waals surface area contributed by atoms with E-state index < -0.39 is 0 Å². The molecule has 2 fully saturated rings. The van der Waals surface area contributed by atoms with Gasteiger partial charge >= 0.3 is 5.97 Å². The van der Waals surface area contributed by atoms with Gasteiger partial charge in [0.05, 0.1) is 11.7 Å². The highest BCUT2D eigenvalue weighted by molar-refractivity contribution is 6.20. The molecule has 4 atom stereocenters. The zero-order valence-corrected chi connectivity index (χ0v) is 14.6. The minimum absolute atomic E-state index is 0.174. The van der Waals surface area contributed by atoms with Crippen LogP contribution in [0.15, 0.2) is 66.2 Å². The summed E-state index contributed by atoms with van der Waals surface area (Å²) in [4.78, 5) is 12.9. The van der Waals surface area contributed by atoms with Crippen LogP contribution in [0.2, 0.25) is 0 Å². The molecule has 0 radical (unpaired) electrons. The van der Waals surface area contributed by atoms with Crippen molar-refractivity contribution in [3.05, 3.63) is 77.4 Å². The lowest BCUT2D eigenvalue weighted by Gasteiger charge is -2.43. The van der Waals surface area contributed by atoms with Gasteiger partial charge in [0, 0.05) is 5.92 Å². The van der Waals surface area contributed by atoms with Gasteiger partial charge in [0.1, 0.15) is 6.10 Å². The maximum absolute atomic E-state index is 12.9. The highest BCUT2D eigenvalue weighted by Crippen LogP contribution is 2.51. The fourth-order valence-electron chi connectivity index (χ4n) is 4.78. The van der Waals surface area contributed by atoms with Crippen molar-refractivity contribution >= 4 is 11.5 Å². The summed E-state index contributed by atoms with van der Waals surface area (Å²) in [5, 5.41) is 0. The Morgan fingerprint density at radius 3 is 2.27 bits per heavy atom. The predicted octanol–water partition coefficient (Wildman–Crippen LogP) is 4.70. The van der Waals surface area contributed by atoms with Crippen LogP contribution in [0.5, 0.6) is 0 Å². The average molecular weight is 346 g/mol. The van der Waals surface area contributed by atoms with Crippen molar-refractivity contribution in [3.8, 4) is 0 Å². The lowest BCUT2D eigenvalue weighted by Crippen LogP contribution is -2.42. The zero-order valence-electron chi connectivity index (χ0n) is 14.6. The van der Waals surface area contributed by atoms with E-state index in [1.165, 1.54) is 18.4 Å². The van der Waals surface area contributed by atoms with Gasteiger partial charge in [-0.2, -0.15) is 0 Å². The molecule has 0 unspecified atom stereocenters. The Kier molecular flexibility index (Phi) is 3.90. The van der Waals surface area contributed by atoms with Gasteiger partial charge in [-0.1, -0.05) is 73.5 Å². The van der Waals surface area contributed by atoms with Crippen molar-refractivity contribution in [2.75, 3.05) is 0 Å². The standard InChI is InChI=1S/C23H22O3/c24-23-19(15-9-3-1-4-10-15)20-17-13-7-8-14-18(17)25-21(22(20)26-23)16-11-5-2-6-12-16/h1-6,9-12,17-18,21-22H,7-8,13-14H2/t17-,18-,21+,22-/m0/s1. The molecule has 132 valence electrons. The highest BCUT2D eigenvalue weighted by Gasteiger charge is 2.51. The third-order valence-electron chi connectivity index (χ3n) is 5.92. The van der Waals surface area contributed by atoms with Gasteiger partial charge in [-0.25, -0.2) is 4.79 Å². The van der Waals surface area contributed by atoms with Gasteiger partial charge in [-0.05, 0) is 29.5 Å². The monoisotopic (exact) mass is 346 g/mol. The maximum atomic E-state index is 12.9. The first-order chi connectivity index (χ1) is 12.8. The molecule has 3 heteroatoms. The van der Waals surface area contributed by atoms with E-state index in [0.717, 1.165) is 29.5 Å². The van der Waals surface area contributed by atoms with E-state index in [2.05, 4.69) is 12.1 Å². The highest BCUT2D eigenvalue weighted by atomic mass is 16.6. The van der Waals surface area contributed by atoms with E-state index in [4.69, 9.17) is 9.47 Å². The minimum Gasteiger partial charge on any atom is -0.451 e. The van der Waals surface area contributed by atoms with Crippen molar-refractivity contribution in [2.24, 2.45) is 5.92 Å². The number of fused-ring (bicyclic) bond motifs is 3. The molecule has 5 rings (SSSR count). The van der Waals surface area contributed by atoms with Crippen molar-refractivity contribution in [1.29, 1.82) is 0 Å². The van der Waals surface area contributed by atoms with Gasteiger partial charge < -0.3 is 9.47 Å². The van der Waals surface area contributed by atoms with E-state index in [1.54, 1.807) is 0 Å². The molecule has 0 amide bonds. The summed E-state index contributed by atoms with van der Waals surface area (Å²) >= 11 is 0. The number of benzene rings is 2. The molecule has 2 aromatic carbocycles. The molecule has 2 aromatic rings. The number of ether oxygens (including phenoxy) is 2. The number of hydrogen-bond donors (Lipinski definition) is 0. The molecule has 0 spiro atoms. The molecule has 0 bridgehead atoms. The average Bonchev–Trinajstić information content (AvgIpc) is 3.06. The lowest BCUT2D eigenvalue weighted by molar-refractivity contribution is -0.160. The largest absolute Gasteiger partial charge is 0.451 e. The van der Waals surface area contributed by atoms with Crippen LogP contribution >= 0.6 is 0 Å². The Hall–Kier alpha value is -2.39. The Bertz CT molecular complexity index is 840. The number of esters is 1. The van der Waals surface area contributed by atoms with E-state index in [9.17, 15) is 4.79 Å². The third-order valence-corrected chi connectivity index (χ3v) is 5.92. The fourth-order valence-corrected chi connectivity index (χ4v) is 4.78. The summed E-state index contributed by atoms with van der Waals surface area (Å²) < 4.78 is 12.4. The van der Waals surface area contributed by atoms with Crippen LogP contribution in [0.4, 0.5) is 0 Å². The summed E-state index contributed by atoms with van der Waals surface area (Å²) in [6.07, 6.45) is 4.16. The molecule has 3 nitrogen and oxygen atoms in total. The number of hydrogen-bond acceptors (Lipinski definition) is 3. The first-order valence-electron chi connectivity index (χ1n) is 9.54. The van der Waals surface area contributed by atoms with E-state index >= 15 is 0 Å². The van der Waals surface area contributed by atoms with Gasteiger partial charge in [0.15, 0.2) is 6.10 Å². The zero-order chi connectivity index (χ0) is 17.5. The van der Waals surface area contributed by atoms with Crippen LogP contribution in [-0.4, -0.2) is 18.2 Å². The molecule has 2 aliphatic heterocycles. The molecule has 0 aromatic heterocycles. The van der Waals surface area contributed by atoms with Crippen LogP contribution in [0.1, 0.15) is 42.9 Å². The Balaban J connectivity index is 1.65. The van der Waals surface area contributed by atoms with Crippen LogP contribution < -0.4 is 0 Å². The first-order valence-corrected chi connectivity index (χ1v) is 9.54. The van der Waals surface area contributed by atoms with Gasteiger partial charge in [-0.15, -0.1) is 0 Å².